The van der Waals surface area contributed by atoms with Crippen molar-refractivity contribution in [3.63, 3.8) is 0 Å². The predicted molar refractivity (Wildman–Crippen MR) is 81.9 cm³/mol. The molecule has 0 spiro atoms. The Hall–Kier alpha value is -2.42. The maximum Gasteiger partial charge on any atom is 0.162 e. The lowest BCUT2D eigenvalue weighted by Gasteiger charge is -2.05. The monoisotopic (exact) mass is 281 g/mol. The third kappa shape index (κ3) is 3.02. The molecule has 0 fully saturated rings. The van der Waals surface area contributed by atoms with E-state index in [0.717, 1.165) is 29.4 Å². The number of benzene rings is 2. The van der Waals surface area contributed by atoms with Crippen molar-refractivity contribution in [3.8, 4) is 0 Å². The summed E-state index contributed by atoms with van der Waals surface area (Å²) in [6.45, 7) is 0.758. The zero-order chi connectivity index (χ0) is 14.7. The zero-order valence-electron chi connectivity index (χ0n) is 11.6. The number of fused-ring (bicyclic) bond motifs is 1. The van der Waals surface area contributed by atoms with E-state index in [-0.39, 0.29) is 11.6 Å². The van der Waals surface area contributed by atoms with Gasteiger partial charge in [-0.25, -0.2) is 4.39 Å². The molecule has 3 heteroatoms. The summed E-state index contributed by atoms with van der Waals surface area (Å²) in [6, 6.07) is 16.0. The maximum atomic E-state index is 13.1. The SMILES string of the molecule is O=C(CCCn1ccc2cc(F)ccc21)c1ccccc1. The summed E-state index contributed by atoms with van der Waals surface area (Å²) >= 11 is 0. The van der Waals surface area contributed by atoms with Crippen LogP contribution in [0.3, 0.4) is 0 Å². The molecule has 21 heavy (non-hydrogen) atoms. The third-order valence-corrected chi connectivity index (χ3v) is 3.63. The van der Waals surface area contributed by atoms with Gasteiger partial charge in [-0.1, -0.05) is 30.3 Å². The minimum absolute atomic E-state index is 0.165. The Labute approximate surface area is 122 Å². The Morgan fingerprint density at radius 1 is 1.05 bits per heavy atom. The fourth-order valence-corrected chi connectivity index (χ4v) is 2.54. The highest BCUT2D eigenvalue weighted by Crippen LogP contribution is 2.18. The fourth-order valence-electron chi connectivity index (χ4n) is 2.54. The van der Waals surface area contributed by atoms with Gasteiger partial charge in [-0.2, -0.15) is 0 Å². The van der Waals surface area contributed by atoms with E-state index in [4.69, 9.17) is 0 Å². The molecule has 106 valence electrons. The van der Waals surface area contributed by atoms with Crippen molar-refractivity contribution < 1.29 is 9.18 Å². The first kappa shape index (κ1) is 13.6. The summed E-state index contributed by atoms with van der Waals surface area (Å²) in [5.74, 6) is -0.0578. The summed E-state index contributed by atoms with van der Waals surface area (Å²) in [4.78, 5) is 12.0. The quantitative estimate of drug-likeness (QED) is 0.633. The molecule has 0 atom stereocenters. The molecule has 0 amide bonds. The molecule has 0 saturated carbocycles. The number of hydrogen-bond acceptors (Lipinski definition) is 1. The van der Waals surface area contributed by atoms with Crippen molar-refractivity contribution in [3.05, 3.63) is 72.2 Å². The molecular formula is C18H16FNO. The lowest BCUT2D eigenvalue weighted by atomic mass is 10.1. The number of carbonyl (C=O) groups is 1. The van der Waals surface area contributed by atoms with Gasteiger partial charge < -0.3 is 4.57 Å². The lowest BCUT2D eigenvalue weighted by molar-refractivity contribution is 0.0978. The van der Waals surface area contributed by atoms with E-state index in [0.29, 0.717) is 6.42 Å². The number of rotatable bonds is 5. The van der Waals surface area contributed by atoms with Crippen LogP contribution in [0.1, 0.15) is 23.2 Å². The molecule has 0 bridgehead atoms. The molecule has 1 heterocycles. The Morgan fingerprint density at radius 3 is 2.67 bits per heavy atom. The first-order valence-corrected chi connectivity index (χ1v) is 7.07. The van der Waals surface area contributed by atoms with Crippen molar-refractivity contribution in [1.82, 2.24) is 4.57 Å². The number of aromatic nitrogens is 1. The number of nitrogens with zero attached hydrogens (tertiary/aromatic N) is 1. The van der Waals surface area contributed by atoms with Gasteiger partial charge in [-0.3, -0.25) is 4.79 Å². The minimum atomic E-state index is -0.223. The Balaban J connectivity index is 1.63. The normalized spacial score (nSPS) is 10.9. The molecular weight excluding hydrogens is 265 g/mol. The van der Waals surface area contributed by atoms with Gasteiger partial charge in [0.2, 0.25) is 0 Å². The van der Waals surface area contributed by atoms with Crippen molar-refractivity contribution in [2.24, 2.45) is 0 Å². The molecule has 0 radical (unpaired) electrons. The highest BCUT2D eigenvalue weighted by atomic mass is 19.1. The summed E-state index contributed by atoms with van der Waals surface area (Å²) in [6.07, 6.45) is 3.23. The van der Waals surface area contributed by atoms with Crippen LogP contribution in [0.4, 0.5) is 4.39 Å². The van der Waals surface area contributed by atoms with E-state index in [1.54, 1.807) is 6.07 Å². The van der Waals surface area contributed by atoms with E-state index >= 15 is 0 Å². The first-order chi connectivity index (χ1) is 10.2. The summed E-state index contributed by atoms with van der Waals surface area (Å²) in [5.41, 5.74) is 1.76. The van der Waals surface area contributed by atoms with Crippen molar-refractivity contribution in [2.75, 3.05) is 0 Å². The van der Waals surface area contributed by atoms with E-state index in [2.05, 4.69) is 4.57 Å². The van der Waals surface area contributed by atoms with Crippen LogP contribution in [-0.4, -0.2) is 10.4 Å². The number of Topliss-reactive ketones (excluding diaryl/α,β-unsaturated/α-hetero) is 1. The first-order valence-electron chi connectivity index (χ1n) is 7.07. The van der Waals surface area contributed by atoms with Crippen LogP contribution in [0.5, 0.6) is 0 Å². The highest BCUT2D eigenvalue weighted by Gasteiger charge is 2.06. The van der Waals surface area contributed by atoms with Crippen LogP contribution in [0.25, 0.3) is 10.9 Å². The van der Waals surface area contributed by atoms with E-state index in [1.807, 2.05) is 42.6 Å². The van der Waals surface area contributed by atoms with Crippen molar-refractivity contribution in [2.45, 2.75) is 19.4 Å². The average molecular weight is 281 g/mol. The summed E-state index contributed by atoms with van der Waals surface area (Å²) in [7, 11) is 0. The van der Waals surface area contributed by atoms with Gasteiger partial charge >= 0.3 is 0 Å². The zero-order valence-corrected chi connectivity index (χ0v) is 11.6. The van der Waals surface area contributed by atoms with Crippen molar-refractivity contribution >= 4 is 16.7 Å². The van der Waals surface area contributed by atoms with Gasteiger partial charge in [0.05, 0.1) is 0 Å². The van der Waals surface area contributed by atoms with E-state index in [1.165, 1.54) is 12.1 Å². The third-order valence-electron chi connectivity index (χ3n) is 3.63. The van der Waals surface area contributed by atoms with Gasteiger partial charge in [0, 0.05) is 35.6 Å². The van der Waals surface area contributed by atoms with Gasteiger partial charge in [0.25, 0.3) is 0 Å². The Kier molecular flexibility index (Phi) is 3.82. The number of aryl methyl sites for hydroxylation is 1. The average Bonchev–Trinajstić information content (AvgIpc) is 2.90. The molecule has 0 aliphatic heterocycles. The van der Waals surface area contributed by atoms with Crippen LogP contribution >= 0.6 is 0 Å². The van der Waals surface area contributed by atoms with Crippen molar-refractivity contribution in [1.29, 1.82) is 0 Å². The predicted octanol–water partition coefficient (Wildman–Crippen LogP) is 4.44. The van der Waals surface area contributed by atoms with E-state index in [9.17, 15) is 9.18 Å². The Bertz CT molecular complexity index is 761. The standard InChI is InChI=1S/C18H16FNO/c19-16-8-9-17-15(13-16)10-12-20(17)11-4-7-18(21)14-5-2-1-3-6-14/h1-3,5-6,8-10,12-13H,4,7,11H2. The molecule has 0 aliphatic carbocycles. The van der Waals surface area contributed by atoms with Crippen LogP contribution in [-0.2, 0) is 6.54 Å². The van der Waals surface area contributed by atoms with Gasteiger partial charge in [0.15, 0.2) is 5.78 Å². The minimum Gasteiger partial charge on any atom is -0.347 e. The summed E-state index contributed by atoms with van der Waals surface area (Å²) < 4.78 is 15.2. The highest BCUT2D eigenvalue weighted by molar-refractivity contribution is 5.95. The van der Waals surface area contributed by atoms with Gasteiger partial charge in [0.1, 0.15) is 5.82 Å². The topological polar surface area (TPSA) is 22.0 Å². The largest absolute Gasteiger partial charge is 0.347 e. The molecule has 1 aromatic heterocycles. The van der Waals surface area contributed by atoms with Gasteiger partial charge in [-0.05, 0) is 30.7 Å². The molecule has 0 N–H and O–H groups in total. The van der Waals surface area contributed by atoms with Crippen LogP contribution < -0.4 is 0 Å². The second kappa shape index (κ2) is 5.92. The second-order valence-corrected chi connectivity index (χ2v) is 5.11. The molecule has 3 aromatic rings. The van der Waals surface area contributed by atoms with Crippen LogP contribution in [0, 0.1) is 5.82 Å². The number of hydrogen-bond donors (Lipinski definition) is 0. The number of ketones is 1. The van der Waals surface area contributed by atoms with E-state index < -0.39 is 0 Å². The smallest absolute Gasteiger partial charge is 0.162 e. The maximum absolute atomic E-state index is 13.1. The van der Waals surface area contributed by atoms with Crippen LogP contribution in [0.15, 0.2) is 60.8 Å². The van der Waals surface area contributed by atoms with Gasteiger partial charge in [-0.15, -0.1) is 0 Å². The van der Waals surface area contributed by atoms with Crippen LogP contribution in [0.2, 0.25) is 0 Å². The molecule has 2 nitrogen and oxygen atoms in total. The lowest BCUT2D eigenvalue weighted by Crippen LogP contribution is -2.02. The number of halogens is 1. The molecule has 0 unspecified atom stereocenters. The number of carbonyl (C=O) groups excluding carboxylic acids is 1. The molecule has 2 aromatic carbocycles. The second-order valence-electron chi connectivity index (χ2n) is 5.11. The molecule has 3 rings (SSSR count). The molecule has 0 saturated heterocycles. The Morgan fingerprint density at radius 2 is 1.86 bits per heavy atom. The fraction of sp³-hybridized carbons (Fsp3) is 0.167. The summed E-state index contributed by atoms with van der Waals surface area (Å²) in [5, 5.41) is 0.893. The molecule has 0 aliphatic rings.